The highest BCUT2D eigenvalue weighted by Crippen LogP contribution is 2.38. The van der Waals surface area contributed by atoms with E-state index in [9.17, 15) is 21.6 Å². The van der Waals surface area contributed by atoms with Gasteiger partial charge in [-0.15, -0.1) is 5.10 Å². The number of alkyl halides is 3. The van der Waals surface area contributed by atoms with Crippen LogP contribution in [0.1, 0.15) is 5.56 Å². The van der Waals surface area contributed by atoms with Crippen LogP contribution >= 0.6 is 0 Å². The molecule has 0 saturated carbocycles. The number of hydrogen-bond acceptors (Lipinski definition) is 9. The van der Waals surface area contributed by atoms with Gasteiger partial charge in [0.15, 0.2) is 22.3 Å². The van der Waals surface area contributed by atoms with Gasteiger partial charge in [0.25, 0.3) is 21.7 Å². The van der Waals surface area contributed by atoms with E-state index < -0.39 is 38.5 Å². The maximum atomic E-state index is 13.3. The predicted octanol–water partition coefficient (Wildman–Crippen LogP) is 0.181. The molecule has 11 nitrogen and oxygen atoms in total. The molecule has 0 aromatic carbocycles. The van der Waals surface area contributed by atoms with Gasteiger partial charge < -0.3 is 14.2 Å². The van der Waals surface area contributed by atoms with Crippen molar-refractivity contribution in [2.75, 3.05) is 26.1 Å². The molecule has 0 aliphatic rings. The molecule has 0 bridgehead atoms. The Morgan fingerprint density at radius 3 is 2.37 bits per heavy atom. The van der Waals surface area contributed by atoms with Gasteiger partial charge in [0.05, 0.1) is 33.0 Å². The second-order valence-corrected chi connectivity index (χ2v) is 6.91. The molecule has 162 valence electrons. The van der Waals surface area contributed by atoms with E-state index in [4.69, 9.17) is 14.2 Å². The van der Waals surface area contributed by atoms with E-state index in [2.05, 4.69) is 20.1 Å². The summed E-state index contributed by atoms with van der Waals surface area (Å²) < 4.78 is 83.1. The fourth-order valence-electron chi connectivity index (χ4n) is 2.34. The van der Waals surface area contributed by atoms with Crippen LogP contribution in [0.25, 0.3) is 5.78 Å². The average molecular weight is 464 g/mol. The summed E-state index contributed by atoms with van der Waals surface area (Å²) in [6, 6.07) is 1.87. The van der Waals surface area contributed by atoms with E-state index in [1.54, 1.807) is 0 Å². The lowest BCUT2D eigenvalue weighted by Gasteiger charge is -2.15. The first-order valence-corrected chi connectivity index (χ1v) is 9.08. The van der Waals surface area contributed by atoms with E-state index >= 15 is 0 Å². The molecular formula is C14H16AlF3N6O5S. The topological polar surface area (TPSA) is 130 Å². The van der Waals surface area contributed by atoms with Gasteiger partial charge in [-0.2, -0.15) is 27.7 Å². The monoisotopic (exact) mass is 464 g/mol. The van der Waals surface area contributed by atoms with Gasteiger partial charge in [-0.25, -0.2) is 18.1 Å². The van der Waals surface area contributed by atoms with Gasteiger partial charge in [0.1, 0.15) is 0 Å². The van der Waals surface area contributed by atoms with Crippen LogP contribution < -0.4 is 18.9 Å². The van der Waals surface area contributed by atoms with E-state index in [0.717, 1.165) is 17.8 Å². The number of anilines is 1. The van der Waals surface area contributed by atoms with Crippen LogP contribution in [-0.2, 0) is 16.2 Å². The van der Waals surface area contributed by atoms with Crippen molar-refractivity contribution in [2.24, 2.45) is 0 Å². The quantitative estimate of drug-likeness (QED) is 0.508. The molecule has 0 radical (unpaired) electrons. The molecule has 1 N–H and O–H groups in total. The summed E-state index contributed by atoms with van der Waals surface area (Å²) in [6.45, 7) is 0. The number of aromatic nitrogens is 5. The van der Waals surface area contributed by atoms with E-state index in [1.165, 1.54) is 20.3 Å². The van der Waals surface area contributed by atoms with Crippen molar-refractivity contribution in [3.8, 4) is 17.6 Å². The second-order valence-electron chi connectivity index (χ2n) is 5.29. The van der Waals surface area contributed by atoms with Crippen molar-refractivity contribution in [1.29, 1.82) is 0 Å². The predicted molar refractivity (Wildman–Crippen MR) is 100 cm³/mol. The molecule has 3 rings (SSSR count). The van der Waals surface area contributed by atoms with Gasteiger partial charge in [-0.05, 0) is 6.07 Å². The normalized spacial score (nSPS) is 11.7. The van der Waals surface area contributed by atoms with Crippen LogP contribution in [0, 0.1) is 0 Å². The summed E-state index contributed by atoms with van der Waals surface area (Å²) in [7, 11) is -1.20. The van der Waals surface area contributed by atoms with Crippen molar-refractivity contribution in [3.05, 3.63) is 23.9 Å². The summed E-state index contributed by atoms with van der Waals surface area (Å²) >= 11 is 0. The Labute approximate surface area is 178 Å². The Hall–Kier alpha value is -2.83. The molecule has 0 aliphatic heterocycles. The number of hydrogen-bond donors (Lipinski definition) is 1. The minimum atomic E-state index is -4.98. The van der Waals surface area contributed by atoms with Crippen LogP contribution in [0.4, 0.5) is 19.1 Å². The maximum Gasteiger partial charge on any atom is 0.418 e. The lowest BCUT2D eigenvalue weighted by atomic mass is 10.2. The fraction of sp³-hybridized carbons (Fsp3) is 0.286. The average Bonchev–Trinajstić information content (AvgIpc) is 3.07. The Kier molecular flexibility index (Phi) is 6.64. The number of pyridine rings is 1. The summed E-state index contributed by atoms with van der Waals surface area (Å²) in [5.74, 6) is -1.21. The summed E-state index contributed by atoms with van der Waals surface area (Å²) in [4.78, 5) is 10.1. The summed E-state index contributed by atoms with van der Waals surface area (Å²) in [6.07, 6.45) is -4.20. The number of nitrogens with one attached hydrogen (secondary N) is 1. The zero-order chi connectivity index (χ0) is 21.4. The highest BCUT2D eigenvalue weighted by Gasteiger charge is 2.40. The molecule has 0 fully saturated rings. The van der Waals surface area contributed by atoms with Crippen molar-refractivity contribution in [2.45, 2.75) is 11.1 Å². The third kappa shape index (κ3) is 4.35. The van der Waals surface area contributed by atoms with E-state index in [0.29, 0.717) is 6.07 Å². The van der Waals surface area contributed by atoms with Gasteiger partial charge in [-0.1, -0.05) is 0 Å². The Morgan fingerprint density at radius 1 is 1.10 bits per heavy atom. The molecular weight excluding hydrogens is 448 g/mol. The van der Waals surface area contributed by atoms with Gasteiger partial charge in [0, 0.05) is 6.20 Å². The third-order valence-electron chi connectivity index (χ3n) is 3.54. The number of methoxy groups -OCH3 is 3. The highest BCUT2D eigenvalue weighted by molar-refractivity contribution is 7.92. The summed E-state index contributed by atoms with van der Waals surface area (Å²) in [5, 5.41) is 3.85. The van der Waals surface area contributed by atoms with Crippen LogP contribution in [0.3, 0.4) is 0 Å². The fourth-order valence-corrected chi connectivity index (χ4v) is 3.61. The number of fused-ring (bicyclic) bond motifs is 1. The van der Waals surface area contributed by atoms with Gasteiger partial charge in [0.2, 0.25) is 17.6 Å². The van der Waals surface area contributed by atoms with Gasteiger partial charge >= 0.3 is 6.18 Å². The van der Waals surface area contributed by atoms with Crippen LogP contribution in [-0.4, -0.2) is 71.7 Å². The third-order valence-corrected chi connectivity index (χ3v) is 4.92. The molecule has 0 atom stereocenters. The highest BCUT2D eigenvalue weighted by atomic mass is 32.2. The lowest BCUT2D eigenvalue weighted by Crippen LogP contribution is -2.21. The first-order chi connectivity index (χ1) is 13.6. The zero-order valence-corrected chi connectivity index (χ0v) is 15.9. The lowest BCUT2D eigenvalue weighted by molar-refractivity contribution is -0.140. The second kappa shape index (κ2) is 8.50. The Morgan fingerprint density at radius 2 is 1.80 bits per heavy atom. The zero-order valence-electron chi connectivity index (χ0n) is 15.1. The molecule has 3 heterocycles. The SMILES string of the molecule is COc1cc(OC)n2nc(NS(=O)(=O)c3c(C(F)(F)F)ccnc3OC)nc2n1.[AlH3]. The van der Waals surface area contributed by atoms with Crippen molar-refractivity contribution in [3.63, 3.8) is 0 Å². The molecule has 0 aliphatic carbocycles. The first-order valence-electron chi connectivity index (χ1n) is 7.59. The molecule has 3 aromatic rings. The summed E-state index contributed by atoms with van der Waals surface area (Å²) in [5.41, 5.74) is -1.46. The smallest absolute Gasteiger partial charge is 0.418 e. The molecule has 0 saturated heterocycles. The molecule has 0 amide bonds. The number of nitrogens with zero attached hydrogens (tertiary/aromatic N) is 5. The van der Waals surface area contributed by atoms with Gasteiger partial charge in [-0.3, -0.25) is 0 Å². The van der Waals surface area contributed by atoms with Crippen LogP contribution in [0.5, 0.6) is 17.6 Å². The number of rotatable bonds is 6. The molecule has 3 aromatic heterocycles. The minimum Gasteiger partial charge on any atom is -0.481 e. The van der Waals surface area contributed by atoms with Crippen molar-refractivity contribution >= 4 is 39.1 Å². The minimum absolute atomic E-state index is 0. The Balaban J connectivity index is 0.00000320. The molecule has 0 unspecified atom stereocenters. The molecule has 16 heteroatoms. The number of ether oxygens (including phenoxy) is 3. The largest absolute Gasteiger partial charge is 0.481 e. The maximum absolute atomic E-state index is 13.3. The Bertz CT molecular complexity index is 1170. The van der Waals surface area contributed by atoms with Crippen molar-refractivity contribution < 1.29 is 35.8 Å². The molecule has 0 spiro atoms. The number of sulfonamides is 1. The standard InChI is InChI=1S/C14H13F3N6O5S.Al.3H/c1-26-8-6-9(27-2)23-13(19-8)20-12(21-23)22-29(24,25)10-7(14(15,16)17)4-5-18-11(10)28-3;;;;/h4-6H,1-3H3,(H,21,22);;;;. The number of halogens is 3. The van der Waals surface area contributed by atoms with Crippen LogP contribution in [0.2, 0.25) is 0 Å². The van der Waals surface area contributed by atoms with E-state index in [1.807, 2.05) is 4.72 Å². The van der Waals surface area contributed by atoms with E-state index in [-0.39, 0.29) is 34.9 Å². The van der Waals surface area contributed by atoms with Crippen molar-refractivity contribution in [1.82, 2.24) is 24.6 Å². The van der Waals surface area contributed by atoms with Crippen LogP contribution in [0.15, 0.2) is 23.2 Å². The first kappa shape index (κ1) is 23.5. The molecule has 30 heavy (non-hydrogen) atoms.